The second-order valence-electron chi connectivity index (χ2n) is 8.40. The molecule has 0 radical (unpaired) electrons. The minimum Gasteiger partial charge on any atom is -0.318 e. The molecule has 150 valence electrons. The van der Waals surface area contributed by atoms with E-state index < -0.39 is 0 Å². The number of benzene rings is 4. The van der Waals surface area contributed by atoms with E-state index in [1.807, 2.05) is 0 Å². The van der Waals surface area contributed by atoms with Crippen LogP contribution in [0.3, 0.4) is 0 Å². The minimum absolute atomic E-state index is 0.177. The molecule has 3 aliphatic rings. The summed E-state index contributed by atoms with van der Waals surface area (Å²) in [5.74, 6) is 0. The molecule has 2 heteroatoms. The zero-order chi connectivity index (χ0) is 21.1. The third-order valence-electron chi connectivity index (χ3n) is 6.72. The van der Waals surface area contributed by atoms with Crippen LogP contribution in [0.25, 0.3) is 16.7 Å². The first-order valence-electron chi connectivity index (χ1n) is 11.1. The normalized spacial score (nSPS) is 17.6. The predicted octanol–water partition coefficient (Wildman–Crippen LogP) is 7.12. The third-order valence-corrected chi connectivity index (χ3v) is 6.72. The van der Waals surface area contributed by atoms with Gasteiger partial charge in [-0.2, -0.15) is 4.58 Å². The van der Waals surface area contributed by atoms with Gasteiger partial charge in [0.1, 0.15) is 11.7 Å². The van der Waals surface area contributed by atoms with Crippen molar-refractivity contribution < 1.29 is 0 Å². The molecule has 1 unspecified atom stereocenters. The quantitative estimate of drug-likeness (QED) is 0.320. The molecular formula is C30H21N2+. The molecule has 0 aromatic heterocycles. The van der Waals surface area contributed by atoms with E-state index in [2.05, 4.69) is 131 Å². The summed E-state index contributed by atoms with van der Waals surface area (Å²) in [7, 11) is 0. The van der Waals surface area contributed by atoms with E-state index in [1.165, 1.54) is 50.7 Å². The van der Waals surface area contributed by atoms with Crippen LogP contribution in [0.5, 0.6) is 0 Å². The van der Waals surface area contributed by atoms with Crippen molar-refractivity contribution >= 4 is 34.0 Å². The van der Waals surface area contributed by atoms with E-state index in [1.54, 1.807) is 0 Å². The molecule has 1 aliphatic carbocycles. The lowest BCUT2D eigenvalue weighted by molar-refractivity contribution is 0.932. The fourth-order valence-electron chi connectivity index (χ4n) is 5.43. The molecule has 2 nitrogen and oxygen atoms in total. The second-order valence-corrected chi connectivity index (χ2v) is 8.40. The summed E-state index contributed by atoms with van der Waals surface area (Å²) in [6.45, 7) is 0. The third kappa shape index (κ3) is 2.32. The summed E-state index contributed by atoms with van der Waals surface area (Å²) in [5, 5.41) is 0. The van der Waals surface area contributed by atoms with Crippen LogP contribution in [-0.2, 0) is 0 Å². The molecule has 0 bridgehead atoms. The van der Waals surface area contributed by atoms with E-state index in [0.717, 1.165) is 0 Å². The molecule has 0 fully saturated rings. The lowest BCUT2D eigenvalue weighted by Gasteiger charge is -2.33. The van der Waals surface area contributed by atoms with Crippen LogP contribution in [0.1, 0.15) is 5.56 Å². The largest absolute Gasteiger partial charge is 0.318 e. The van der Waals surface area contributed by atoms with Gasteiger partial charge in [0.25, 0.3) is 0 Å². The summed E-state index contributed by atoms with van der Waals surface area (Å²) in [4.78, 5) is 2.51. The Morgan fingerprint density at radius 3 is 2.09 bits per heavy atom. The van der Waals surface area contributed by atoms with Crippen LogP contribution in [0, 0.1) is 0 Å². The predicted molar refractivity (Wildman–Crippen MR) is 134 cm³/mol. The van der Waals surface area contributed by atoms with Crippen molar-refractivity contribution in [1.29, 1.82) is 0 Å². The van der Waals surface area contributed by atoms with Crippen LogP contribution in [0.15, 0.2) is 121 Å². The molecule has 0 spiro atoms. The maximum absolute atomic E-state index is 2.51. The van der Waals surface area contributed by atoms with E-state index in [9.17, 15) is 0 Å². The number of fused-ring (bicyclic) bond motifs is 5. The Kier molecular flexibility index (Phi) is 3.65. The summed E-state index contributed by atoms with van der Waals surface area (Å²) in [5.41, 5.74) is 11.4. The van der Waals surface area contributed by atoms with Gasteiger partial charge in [-0.15, -0.1) is 0 Å². The fraction of sp³-hybridized carbons (Fsp3) is 0.0333. The Labute approximate surface area is 187 Å². The van der Waals surface area contributed by atoms with Gasteiger partial charge in [-0.3, -0.25) is 0 Å². The van der Waals surface area contributed by atoms with Gasteiger partial charge in [-0.25, -0.2) is 0 Å². The van der Waals surface area contributed by atoms with Gasteiger partial charge in [0, 0.05) is 23.8 Å². The van der Waals surface area contributed by atoms with Crippen molar-refractivity contribution in [2.45, 2.75) is 6.04 Å². The van der Waals surface area contributed by atoms with Gasteiger partial charge in [-0.05, 0) is 29.3 Å². The molecule has 2 aliphatic heterocycles. The average molecular weight is 410 g/mol. The van der Waals surface area contributed by atoms with Crippen LogP contribution in [0.4, 0.5) is 22.7 Å². The van der Waals surface area contributed by atoms with Gasteiger partial charge in [0.05, 0.1) is 11.3 Å². The molecule has 2 heterocycles. The zero-order valence-corrected chi connectivity index (χ0v) is 17.5. The maximum atomic E-state index is 2.51. The average Bonchev–Trinajstić information content (AvgIpc) is 3.21. The Morgan fingerprint density at radius 1 is 0.594 bits per heavy atom. The maximum Gasteiger partial charge on any atom is 0.235 e. The van der Waals surface area contributed by atoms with E-state index in [4.69, 9.17) is 0 Å². The molecule has 0 amide bonds. The fourth-order valence-corrected chi connectivity index (χ4v) is 5.43. The Hall–Kier alpha value is -4.17. The van der Waals surface area contributed by atoms with Crippen LogP contribution < -0.4 is 9.48 Å². The number of hydrogen-bond acceptors (Lipinski definition) is 1. The molecule has 0 saturated carbocycles. The summed E-state index contributed by atoms with van der Waals surface area (Å²) >= 11 is 0. The zero-order valence-electron chi connectivity index (χ0n) is 17.5. The smallest absolute Gasteiger partial charge is 0.235 e. The molecule has 32 heavy (non-hydrogen) atoms. The van der Waals surface area contributed by atoms with Crippen LogP contribution in [0.2, 0.25) is 0 Å². The highest BCUT2D eigenvalue weighted by molar-refractivity contribution is 6.21. The van der Waals surface area contributed by atoms with Crippen molar-refractivity contribution in [1.82, 2.24) is 4.58 Å². The van der Waals surface area contributed by atoms with Gasteiger partial charge < -0.3 is 4.90 Å². The second kappa shape index (κ2) is 6.66. The molecule has 0 N–H and O–H groups in total. The Balaban J connectivity index is 1.56. The van der Waals surface area contributed by atoms with E-state index >= 15 is 0 Å². The molecular weight excluding hydrogens is 388 g/mol. The summed E-state index contributed by atoms with van der Waals surface area (Å²) in [6.07, 6.45) is 6.76. The molecule has 4 aromatic rings. The van der Waals surface area contributed by atoms with Crippen LogP contribution >= 0.6 is 0 Å². The van der Waals surface area contributed by atoms with Crippen molar-refractivity contribution in [2.24, 2.45) is 0 Å². The molecule has 1 atom stereocenters. The topological polar surface area (TPSA) is 6.25 Å². The highest BCUT2D eigenvalue weighted by Gasteiger charge is 2.48. The van der Waals surface area contributed by atoms with Gasteiger partial charge in [0.15, 0.2) is 0 Å². The Morgan fingerprint density at radius 2 is 1.25 bits per heavy atom. The molecule has 4 aromatic carbocycles. The number of para-hydroxylation sites is 4. The summed E-state index contributed by atoms with van der Waals surface area (Å²) in [6, 6.07) is 37.2. The molecule has 7 rings (SSSR count). The van der Waals surface area contributed by atoms with Crippen molar-refractivity contribution in [3.63, 3.8) is 0 Å². The minimum atomic E-state index is 0.177. The first kappa shape index (κ1) is 17.5. The number of allylic oxidation sites excluding steroid dienone is 2. The highest BCUT2D eigenvalue weighted by Crippen LogP contribution is 2.52. The SMILES string of the molecule is C1=CC2=[N+](c3ccccc3-c3ccccc3)c3ccccc3N3c4ccccc4C(=C1)C23. The van der Waals surface area contributed by atoms with Crippen molar-refractivity contribution in [3.8, 4) is 11.1 Å². The number of rotatable bonds is 2. The Bertz CT molecular complexity index is 1470. The number of anilines is 2. The first-order chi connectivity index (χ1) is 15.9. The van der Waals surface area contributed by atoms with Crippen molar-refractivity contribution in [3.05, 3.63) is 127 Å². The molecule has 0 saturated heterocycles. The number of hydrogen-bond donors (Lipinski definition) is 0. The van der Waals surface area contributed by atoms with Crippen LogP contribution in [-0.4, -0.2) is 11.8 Å². The van der Waals surface area contributed by atoms with Gasteiger partial charge >= 0.3 is 0 Å². The monoisotopic (exact) mass is 409 g/mol. The van der Waals surface area contributed by atoms with Crippen molar-refractivity contribution in [2.75, 3.05) is 4.90 Å². The number of nitrogens with zero attached hydrogens (tertiary/aromatic N) is 2. The van der Waals surface area contributed by atoms with Gasteiger partial charge in [-0.1, -0.05) is 84.9 Å². The summed E-state index contributed by atoms with van der Waals surface area (Å²) < 4.78 is 2.47. The highest BCUT2D eigenvalue weighted by atomic mass is 15.3. The lowest BCUT2D eigenvalue weighted by atomic mass is 9.91. The van der Waals surface area contributed by atoms with Gasteiger partial charge in [0.2, 0.25) is 17.1 Å². The first-order valence-corrected chi connectivity index (χ1v) is 11.1. The lowest BCUT2D eigenvalue weighted by Crippen LogP contribution is -2.43. The standard InChI is InChI=1S/C30H21N2/c1-2-11-21(12-3-1)22-13-4-6-16-25(22)31-27-18-8-9-19-28(27)32-26-17-7-5-14-23(26)24-15-10-20-29(31)30(24)32/h1-20,30H/q+1. The van der Waals surface area contributed by atoms with E-state index in [-0.39, 0.29) is 6.04 Å². The van der Waals surface area contributed by atoms with E-state index in [0.29, 0.717) is 0 Å².